The summed E-state index contributed by atoms with van der Waals surface area (Å²) < 4.78 is 11.5. The molecule has 0 spiro atoms. The summed E-state index contributed by atoms with van der Waals surface area (Å²) in [5.41, 5.74) is 2.62. The predicted molar refractivity (Wildman–Crippen MR) is 166 cm³/mol. The van der Waals surface area contributed by atoms with Crippen LogP contribution in [0.1, 0.15) is 35.3 Å². The number of carbonyl (C=O) groups is 4. The number of H-pyrrole nitrogens is 1. The SMILES string of the molecule is COc1cc([C@H]2c3sc(=O)[nH]c3SC3C4CC(C5C(=O)N(C(C)C(=O)O)C(=O)C45)C32)ccc1OCC(=O)Nc1ccc(C)cc1. The van der Waals surface area contributed by atoms with Crippen molar-refractivity contribution in [1.82, 2.24) is 9.88 Å². The van der Waals surface area contributed by atoms with Crippen LogP contribution in [0.5, 0.6) is 11.5 Å². The van der Waals surface area contributed by atoms with Gasteiger partial charge in [0.15, 0.2) is 18.1 Å². The Morgan fingerprint density at radius 1 is 1.07 bits per heavy atom. The summed E-state index contributed by atoms with van der Waals surface area (Å²) >= 11 is 2.70. The number of ether oxygens (including phenoxy) is 2. The molecule has 11 nitrogen and oxygen atoms in total. The van der Waals surface area contributed by atoms with E-state index in [4.69, 9.17) is 9.47 Å². The molecule has 2 bridgehead atoms. The van der Waals surface area contributed by atoms with Crippen molar-refractivity contribution >= 4 is 52.5 Å². The summed E-state index contributed by atoms with van der Waals surface area (Å²) in [5, 5.41) is 13.1. The van der Waals surface area contributed by atoms with Crippen molar-refractivity contribution < 1.29 is 33.8 Å². The third-order valence-corrected chi connectivity index (χ3v) is 12.3. The Morgan fingerprint density at radius 2 is 1.78 bits per heavy atom. The van der Waals surface area contributed by atoms with Crippen molar-refractivity contribution in [2.75, 3.05) is 19.0 Å². The topological polar surface area (TPSA) is 155 Å². The average molecular weight is 650 g/mol. The number of imide groups is 1. The van der Waals surface area contributed by atoms with Crippen LogP contribution in [-0.4, -0.2) is 63.7 Å². The Balaban J connectivity index is 1.18. The van der Waals surface area contributed by atoms with Crippen molar-refractivity contribution in [3.05, 3.63) is 68.1 Å². The number of aryl methyl sites for hydroxylation is 1. The molecule has 1 saturated heterocycles. The van der Waals surface area contributed by atoms with Gasteiger partial charge >= 0.3 is 10.8 Å². The minimum atomic E-state index is -1.23. The van der Waals surface area contributed by atoms with Gasteiger partial charge in [0.05, 0.1) is 24.0 Å². The second kappa shape index (κ2) is 11.1. The first-order chi connectivity index (χ1) is 21.6. The summed E-state index contributed by atoms with van der Waals surface area (Å²) in [6, 6.07) is 11.7. The zero-order valence-electron chi connectivity index (χ0n) is 24.6. The number of aromatic nitrogens is 1. The van der Waals surface area contributed by atoms with Crippen molar-refractivity contribution in [3.63, 3.8) is 0 Å². The highest BCUT2D eigenvalue weighted by Crippen LogP contribution is 2.68. The number of amides is 3. The molecule has 1 aromatic heterocycles. The number of methoxy groups -OCH3 is 1. The lowest BCUT2D eigenvalue weighted by Gasteiger charge is -2.43. The molecule has 234 valence electrons. The first-order valence-electron chi connectivity index (χ1n) is 14.7. The Bertz CT molecular complexity index is 1790. The summed E-state index contributed by atoms with van der Waals surface area (Å²) in [4.78, 5) is 68.6. The van der Waals surface area contributed by atoms with Gasteiger partial charge in [0, 0.05) is 21.7 Å². The molecule has 3 N–H and O–H groups in total. The zero-order chi connectivity index (χ0) is 31.7. The number of aromatic amines is 1. The Kier molecular flexibility index (Phi) is 7.27. The Morgan fingerprint density at radius 3 is 2.47 bits per heavy atom. The number of hydrogen-bond acceptors (Lipinski definition) is 9. The van der Waals surface area contributed by atoms with Crippen molar-refractivity contribution in [1.29, 1.82) is 0 Å². The third kappa shape index (κ3) is 4.75. The molecule has 7 unspecified atom stereocenters. The Hall–Kier alpha value is -4.10. The van der Waals surface area contributed by atoms with Crippen LogP contribution in [0.25, 0.3) is 0 Å². The van der Waals surface area contributed by atoms with E-state index in [1.807, 2.05) is 43.3 Å². The third-order valence-electron chi connectivity index (χ3n) is 9.74. The number of carbonyl (C=O) groups excluding carboxylic acids is 3. The van der Waals surface area contributed by atoms with Gasteiger partial charge in [-0.2, -0.15) is 0 Å². The molecule has 4 aliphatic rings. The van der Waals surface area contributed by atoms with Gasteiger partial charge in [-0.3, -0.25) is 24.1 Å². The molecule has 2 aliphatic heterocycles. The maximum Gasteiger partial charge on any atom is 0.326 e. The largest absolute Gasteiger partial charge is 0.493 e. The quantitative estimate of drug-likeness (QED) is 0.310. The number of thiazole rings is 1. The number of benzene rings is 2. The predicted octanol–water partition coefficient (Wildman–Crippen LogP) is 3.72. The van der Waals surface area contributed by atoms with Gasteiger partial charge < -0.3 is 24.9 Å². The summed E-state index contributed by atoms with van der Waals surface area (Å²) in [5.74, 6) is -3.26. The average Bonchev–Trinajstić information content (AvgIpc) is 3.75. The number of anilines is 1. The highest BCUT2D eigenvalue weighted by Gasteiger charge is 2.70. The highest BCUT2D eigenvalue weighted by molar-refractivity contribution is 8.00. The first kappa shape index (κ1) is 29.6. The molecule has 2 aliphatic carbocycles. The van der Waals surface area contributed by atoms with Crippen LogP contribution in [0.2, 0.25) is 0 Å². The van der Waals surface area contributed by atoms with Crippen LogP contribution in [0.15, 0.2) is 52.3 Å². The number of fused-ring (bicyclic) bond motifs is 9. The second-order valence-corrected chi connectivity index (χ2v) is 14.3. The fourth-order valence-electron chi connectivity index (χ4n) is 7.88. The fourth-order valence-corrected chi connectivity index (χ4v) is 10.8. The number of hydrogen-bond donors (Lipinski definition) is 3. The van der Waals surface area contributed by atoms with E-state index in [0.717, 1.165) is 37.3 Å². The van der Waals surface area contributed by atoms with Crippen LogP contribution in [-0.2, 0) is 19.2 Å². The van der Waals surface area contributed by atoms with E-state index in [-0.39, 0.29) is 46.3 Å². The normalized spacial score (nSPS) is 28.3. The molecule has 3 aromatic rings. The van der Waals surface area contributed by atoms with Crippen molar-refractivity contribution in [2.45, 2.75) is 42.5 Å². The van der Waals surface area contributed by atoms with Crippen LogP contribution in [0.3, 0.4) is 0 Å². The molecule has 2 aromatic carbocycles. The minimum Gasteiger partial charge on any atom is -0.493 e. The van der Waals surface area contributed by atoms with E-state index in [0.29, 0.717) is 23.6 Å². The van der Waals surface area contributed by atoms with E-state index >= 15 is 0 Å². The molecule has 3 heterocycles. The molecule has 13 heteroatoms. The number of carboxylic acids is 1. The van der Waals surface area contributed by atoms with Crippen LogP contribution in [0, 0.1) is 36.5 Å². The van der Waals surface area contributed by atoms with Gasteiger partial charge in [-0.05, 0) is 67.9 Å². The van der Waals surface area contributed by atoms with E-state index in [1.165, 1.54) is 14.0 Å². The number of carboxylic acid groups (broad SMARTS) is 1. The molecule has 2 saturated carbocycles. The highest BCUT2D eigenvalue weighted by atomic mass is 32.2. The van der Waals surface area contributed by atoms with E-state index in [1.54, 1.807) is 17.8 Å². The van der Waals surface area contributed by atoms with Crippen LogP contribution >= 0.6 is 23.1 Å². The van der Waals surface area contributed by atoms with E-state index in [2.05, 4.69) is 10.3 Å². The molecule has 3 amide bonds. The molecule has 7 rings (SSSR count). The monoisotopic (exact) mass is 649 g/mol. The fraction of sp³-hybridized carbons (Fsp3) is 0.406. The van der Waals surface area contributed by atoms with Crippen molar-refractivity contribution in [3.8, 4) is 11.5 Å². The smallest absolute Gasteiger partial charge is 0.326 e. The molecule has 0 radical (unpaired) electrons. The van der Waals surface area contributed by atoms with Crippen LogP contribution in [0.4, 0.5) is 5.69 Å². The standard InChI is InChI=1S/C32H31N3O8S2/c1-13-4-7-16(8-5-13)33-21(36)12-43-19-9-6-15(10-20(19)42-3)22-23-17-11-18(26(23)44-28-27(22)45-32(41)34-28)25-24(17)29(37)35(30(25)38)14(2)31(39)40/h4-10,14,17-18,22-26H,11-12H2,1-3H3,(H,33,36)(H,34,41)(H,39,40)/t14?,17?,18?,22-,23?,24?,25?,26?/m1/s1. The van der Waals surface area contributed by atoms with E-state index in [9.17, 15) is 29.1 Å². The molecule has 45 heavy (non-hydrogen) atoms. The van der Waals surface area contributed by atoms with Gasteiger partial charge in [-0.25, -0.2) is 4.79 Å². The number of aliphatic carboxylic acids is 1. The van der Waals surface area contributed by atoms with Crippen LogP contribution < -0.4 is 19.7 Å². The van der Waals surface area contributed by atoms with Crippen molar-refractivity contribution in [2.24, 2.45) is 29.6 Å². The number of nitrogens with zero attached hydrogens (tertiary/aromatic N) is 1. The zero-order valence-corrected chi connectivity index (χ0v) is 26.3. The molecule has 3 fully saturated rings. The number of thioether (sulfide) groups is 1. The van der Waals surface area contributed by atoms with Gasteiger partial charge in [-0.15, -0.1) is 11.8 Å². The van der Waals surface area contributed by atoms with E-state index < -0.39 is 35.7 Å². The van der Waals surface area contributed by atoms with Gasteiger partial charge in [0.25, 0.3) is 5.91 Å². The lowest BCUT2D eigenvalue weighted by molar-refractivity contribution is -0.154. The first-order valence-corrected chi connectivity index (χ1v) is 16.4. The van der Waals surface area contributed by atoms with Gasteiger partial charge in [-0.1, -0.05) is 35.1 Å². The molecular formula is C32H31N3O8S2. The summed E-state index contributed by atoms with van der Waals surface area (Å²) in [6.07, 6.45) is 0.689. The second-order valence-electron chi connectivity index (χ2n) is 12.1. The Labute approximate surface area is 266 Å². The van der Waals surface area contributed by atoms with Gasteiger partial charge in [0.1, 0.15) is 6.04 Å². The summed E-state index contributed by atoms with van der Waals surface area (Å²) in [6.45, 7) is 3.11. The maximum atomic E-state index is 13.6. The lowest BCUT2D eigenvalue weighted by Crippen LogP contribution is -2.44. The van der Waals surface area contributed by atoms with Gasteiger partial charge in [0.2, 0.25) is 11.8 Å². The minimum absolute atomic E-state index is 0.0387. The lowest BCUT2D eigenvalue weighted by atomic mass is 9.68. The molecule has 8 atom stereocenters. The number of likely N-dealkylation sites (tertiary alicyclic amines) is 1. The maximum absolute atomic E-state index is 13.6. The summed E-state index contributed by atoms with van der Waals surface area (Å²) in [7, 11) is 1.51. The molecular weight excluding hydrogens is 618 g/mol. The number of nitrogens with one attached hydrogen (secondary N) is 2. The number of rotatable bonds is 8.